The van der Waals surface area contributed by atoms with Crippen molar-refractivity contribution in [1.82, 2.24) is 4.72 Å². The van der Waals surface area contributed by atoms with Gasteiger partial charge >= 0.3 is 5.91 Å². The van der Waals surface area contributed by atoms with E-state index >= 15 is 0 Å². The number of halogens is 2. The number of carbonyl (C=O) groups excluding carboxylic acids is 1. The fraction of sp³-hybridized carbons (Fsp3) is 0.227. The van der Waals surface area contributed by atoms with E-state index in [1.165, 1.54) is 25.3 Å². The lowest BCUT2D eigenvalue weighted by Gasteiger charge is -2.12. The monoisotopic (exact) mass is 462 g/mol. The van der Waals surface area contributed by atoms with Crippen LogP contribution in [-0.4, -0.2) is 35.5 Å². The summed E-state index contributed by atoms with van der Waals surface area (Å²) < 4.78 is 64.6. The molecule has 3 aromatic rings. The van der Waals surface area contributed by atoms with Gasteiger partial charge in [0.15, 0.2) is 5.76 Å². The SMILES string of the molecule is COc1cc2c(cc1S(=O)(=O)NC(=O)c1cc3ccc(N(C)C)cc3o1)CC(=C(F)F)C2. The number of rotatable bonds is 5. The van der Waals surface area contributed by atoms with E-state index < -0.39 is 22.0 Å². The highest BCUT2D eigenvalue weighted by Gasteiger charge is 2.29. The predicted octanol–water partition coefficient (Wildman–Crippen LogP) is 3.88. The fourth-order valence-electron chi connectivity index (χ4n) is 3.64. The Balaban J connectivity index is 1.65. The number of hydrogen-bond donors (Lipinski definition) is 1. The molecule has 0 saturated carbocycles. The third-order valence-electron chi connectivity index (χ3n) is 5.32. The van der Waals surface area contributed by atoms with Crippen LogP contribution in [0.4, 0.5) is 14.5 Å². The molecule has 0 bridgehead atoms. The number of sulfonamides is 1. The van der Waals surface area contributed by atoms with Crippen molar-refractivity contribution in [3.8, 4) is 5.75 Å². The zero-order valence-corrected chi connectivity index (χ0v) is 18.3. The topological polar surface area (TPSA) is 88.8 Å². The second-order valence-electron chi connectivity index (χ2n) is 7.65. The molecule has 0 aliphatic heterocycles. The number of nitrogens with one attached hydrogen (secondary N) is 1. The molecular formula is C22H20F2N2O5S. The number of amides is 1. The van der Waals surface area contributed by atoms with Crippen LogP contribution in [0.2, 0.25) is 0 Å². The highest BCUT2D eigenvalue weighted by Crippen LogP contribution is 2.36. The van der Waals surface area contributed by atoms with Gasteiger partial charge in [-0.2, -0.15) is 8.78 Å². The first-order valence-electron chi connectivity index (χ1n) is 9.60. The largest absolute Gasteiger partial charge is 0.495 e. The lowest BCUT2D eigenvalue weighted by atomic mass is 10.1. The molecular weight excluding hydrogens is 442 g/mol. The van der Waals surface area contributed by atoms with Gasteiger partial charge in [0.1, 0.15) is 16.2 Å². The van der Waals surface area contributed by atoms with E-state index in [4.69, 9.17) is 9.15 Å². The van der Waals surface area contributed by atoms with Gasteiger partial charge in [-0.15, -0.1) is 0 Å². The third kappa shape index (κ3) is 3.93. The zero-order chi connectivity index (χ0) is 23.2. The Bertz CT molecular complexity index is 1370. The summed E-state index contributed by atoms with van der Waals surface area (Å²) >= 11 is 0. The summed E-state index contributed by atoms with van der Waals surface area (Å²) in [6.07, 6.45) is -1.81. The fourth-order valence-corrected chi connectivity index (χ4v) is 4.80. The highest BCUT2D eigenvalue weighted by atomic mass is 32.2. The molecule has 1 heterocycles. The summed E-state index contributed by atoms with van der Waals surface area (Å²) in [6, 6.07) is 9.46. The van der Waals surface area contributed by atoms with E-state index in [-0.39, 0.29) is 34.8 Å². The van der Waals surface area contributed by atoms with Crippen LogP contribution in [0.25, 0.3) is 11.0 Å². The van der Waals surface area contributed by atoms with Crippen LogP contribution in [0.3, 0.4) is 0 Å². The molecule has 0 spiro atoms. The molecule has 0 fully saturated rings. The van der Waals surface area contributed by atoms with Gasteiger partial charge in [-0.25, -0.2) is 13.1 Å². The van der Waals surface area contributed by atoms with Crippen molar-refractivity contribution in [3.63, 3.8) is 0 Å². The van der Waals surface area contributed by atoms with Gasteiger partial charge in [0.05, 0.1) is 7.11 Å². The number of allylic oxidation sites excluding steroid dienone is 1. The van der Waals surface area contributed by atoms with Crippen LogP contribution in [0.5, 0.6) is 5.75 Å². The van der Waals surface area contributed by atoms with Gasteiger partial charge in [0.2, 0.25) is 0 Å². The molecule has 32 heavy (non-hydrogen) atoms. The summed E-state index contributed by atoms with van der Waals surface area (Å²) in [5.41, 5.74) is 2.22. The molecule has 1 aromatic heterocycles. The van der Waals surface area contributed by atoms with Crippen LogP contribution in [0, 0.1) is 0 Å². The highest BCUT2D eigenvalue weighted by molar-refractivity contribution is 7.90. The molecule has 1 aliphatic rings. The second kappa shape index (κ2) is 7.94. The first-order valence-corrected chi connectivity index (χ1v) is 11.1. The number of benzene rings is 2. The van der Waals surface area contributed by atoms with Crippen LogP contribution in [0.15, 0.2) is 57.4 Å². The zero-order valence-electron chi connectivity index (χ0n) is 17.5. The first-order chi connectivity index (χ1) is 15.1. The quantitative estimate of drug-likeness (QED) is 0.619. The van der Waals surface area contributed by atoms with E-state index in [2.05, 4.69) is 0 Å². The Kier molecular flexibility index (Phi) is 5.41. The molecule has 0 saturated heterocycles. The maximum Gasteiger partial charge on any atom is 0.300 e. The molecule has 10 heteroatoms. The molecule has 4 rings (SSSR count). The number of ether oxygens (including phenoxy) is 1. The molecule has 1 N–H and O–H groups in total. The van der Waals surface area contributed by atoms with Crippen LogP contribution >= 0.6 is 0 Å². The van der Waals surface area contributed by atoms with Crippen molar-refractivity contribution in [1.29, 1.82) is 0 Å². The first kappa shape index (κ1) is 21.8. The van der Waals surface area contributed by atoms with Gasteiger partial charge in [0, 0.05) is 36.8 Å². The number of furan rings is 1. The Morgan fingerprint density at radius 3 is 2.41 bits per heavy atom. The lowest BCUT2D eigenvalue weighted by molar-refractivity contribution is 0.0956. The van der Waals surface area contributed by atoms with Gasteiger partial charge in [-0.1, -0.05) is 0 Å². The molecule has 0 atom stereocenters. The van der Waals surface area contributed by atoms with Gasteiger partial charge in [-0.3, -0.25) is 4.79 Å². The van der Waals surface area contributed by atoms with Crippen molar-refractivity contribution >= 4 is 32.6 Å². The molecule has 1 amide bonds. The van der Waals surface area contributed by atoms with Crippen molar-refractivity contribution in [2.75, 3.05) is 26.1 Å². The summed E-state index contributed by atoms with van der Waals surface area (Å²) in [7, 11) is 0.617. The molecule has 2 aromatic carbocycles. The third-order valence-corrected chi connectivity index (χ3v) is 6.67. The normalized spacial score (nSPS) is 13.2. The average molecular weight is 462 g/mol. The van der Waals surface area contributed by atoms with Gasteiger partial charge in [0.25, 0.3) is 16.1 Å². The maximum atomic E-state index is 13.0. The van der Waals surface area contributed by atoms with Crippen LogP contribution in [-0.2, 0) is 22.9 Å². The lowest BCUT2D eigenvalue weighted by Crippen LogP contribution is -2.30. The standard InChI is InChI=1S/C22H20F2N2O5S/c1-26(2)16-5-4-12-8-19(31-17(12)11-16)22(27)25-32(28,29)20-10-14-7-15(21(23)24)6-13(14)9-18(20)30-3/h4-5,8-11H,6-7H2,1-3H3,(H,25,27). The molecule has 0 radical (unpaired) electrons. The van der Waals surface area contributed by atoms with Gasteiger partial charge in [-0.05, 0) is 54.3 Å². The number of methoxy groups -OCH3 is 1. The molecule has 7 nitrogen and oxygen atoms in total. The van der Waals surface area contributed by atoms with Crippen LogP contribution < -0.4 is 14.4 Å². The minimum atomic E-state index is -4.37. The van der Waals surface area contributed by atoms with Crippen molar-refractivity contribution in [3.05, 3.63) is 64.9 Å². The second-order valence-corrected chi connectivity index (χ2v) is 9.30. The van der Waals surface area contributed by atoms with E-state index in [1.54, 1.807) is 12.1 Å². The molecule has 0 unspecified atom stereocenters. The Labute approximate surface area is 183 Å². The summed E-state index contributed by atoms with van der Waals surface area (Å²) in [5, 5.41) is 0.640. The van der Waals surface area contributed by atoms with E-state index in [1.807, 2.05) is 29.8 Å². The maximum absolute atomic E-state index is 13.0. The minimum absolute atomic E-state index is 0.0225. The minimum Gasteiger partial charge on any atom is -0.495 e. The number of anilines is 1. The summed E-state index contributed by atoms with van der Waals surface area (Å²) in [4.78, 5) is 14.2. The average Bonchev–Trinajstić information content (AvgIpc) is 3.35. The van der Waals surface area contributed by atoms with E-state index in [0.717, 1.165) is 5.69 Å². The summed E-state index contributed by atoms with van der Waals surface area (Å²) in [5.74, 6) is -1.17. The number of nitrogens with zero attached hydrogens (tertiary/aromatic N) is 1. The smallest absolute Gasteiger partial charge is 0.300 e. The predicted molar refractivity (Wildman–Crippen MR) is 115 cm³/mol. The van der Waals surface area contributed by atoms with Gasteiger partial charge < -0.3 is 14.1 Å². The van der Waals surface area contributed by atoms with Crippen LogP contribution in [0.1, 0.15) is 21.7 Å². The van der Waals surface area contributed by atoms with E-state index in [9.17, 15) is 22.0 Å². The number of hydrogen-bond acceptors (Lipinski definition) is 6. The Morgan fingerprint density at radius 1 is 1.09 bits per heavy atom. The number of carbonyl (C=O) groups is 1. The molecule has 168 valence electrons. The van der Waals surface area contributed by atoms with Crippen molar-refractivity contribution in [2.24, 2.45) is 0 Å². The number of fused-ring (bicyclic) bond motifs is 2. The van der Waals surface area contributed by atoms with E-state index in [0.29, 0.717) is 22.1 Å². The Morgan fingerprint density at radius 2 is 1.78 bits per heavy atom. The van der Waals surface area contributed by atoms with Crippen molar-refractivity contribution < 1.29 is 31.1 Å². The molecule has 1 aliphatic carbocycles. The van der Waals surface area contributed by atoms with Crippen molar-refractivity contribution in [2.45, 2.75) is 17.7 Å². The summed E-state index contributed by atoms with van der Waals surface area (Å²) in [6.45, 7) is 0. The Hall–Kier alpha value is -3.40.